The van der Waals surface area contributed by atoms with Crippen LogP contribution in [0.25, 0.3) is 10.8 Å². The zero-order valence-corrected chi connectivity index (χ0v) is 9.56. The molecule has 3 rings (SSSR count). The first-order valence-corrected chi connectivity index (χ1v) is 5.63. The van der Waals surface area contributed by atoms with E-state index in [0.29, 0.717) is 5.69 Å². The molecule has 4 nitrogen and oxygen atoms in total. The summed E-state index contributed by atoms with van der Waals surface area (Å²) in [6.07, 6.45) is 5.81. The number of nitrogens with zero attached hydrogens (tertiary/aromatic N) is 3. The third kappa shape index (κ3) is 1.83. The maximum Gasteiger partial charge on any atom is 0.122 e. The van der Waals surface area contributed by atoms with E-state index in [-0.39, 0.29) is 0 Å². The molecule has 1 N–H and O–H groups in total. The molecule has 0 bridgehead atoms. The van der Waals surface area contributed by atoms with Crippen molar-refractivity contribution in [2.45, 2.75) is 6.10 Å². The molecule has 0 aliphatic carbocycles. The monoisotopic (exact) mass is 237 g/mol. The highest BCUT2D eigenvalue weighted by molar-refractivity contribution is 5.85. The molecule has 18 heavy (non-hydrogen) atoms. The molecule has 3 aromatic rings. The average molecular weight is 237 g/mol. The molecule has 0 spiro atoms. The van der Waals surface area contributed by atoms with E-state index >= 15 is 0 Å². The standard InChI is InChI=1S/C14H11N3O/c18-14(13-5-7-16-9-17-13)12-3-1-2-10-8-15-6-4-11(10)12/h1-9,14,18H. The highest BCUT2D eigenvalue weighted by Gasteiger charge is 2.14. The van der Waals surface area contributed by atoms with Crippen LogP contribution in [-0.2, 0) is 0 Å². The highest BCUT2D eigenvalue weighted by atomic mass is 16.3. The van der Waals surface area contributed by atoms with Crippen LogP contribution < -0.4 is 0 Å². The topological polar surface area (TPSA) is 58.9 Å². The Morgan fingerprint density at radius 1 is 1.00 bits per heavy atom. The van der Waals surface area contributed by atoms with Gasteiger partial charge < -0.3 is 5.11 Å². The Morgan fingerprint density at radius 2 is 1.89 bits per heavy atom. The summed E-state index contributed by atoms with van der Waals surface area (Å²) in [4.78, 5) is 12.0. The molecular formula is C14H11N3O. The maximum absolute atomic E-state index is 10.4. The Hall–Kier alpha value is -2.33. The van der Waals surface area contributed by atoms with Gasteiger partial charge in [-0.25, -0.2) is 9.97 Å². The molecular weight excluding hydrogens is 226 g/mol. The van der Waals surface area contributed by atoms with E-state index in [1.54, 1.807) is 24.7 Å². The summed E-state index contributed by atoms with van der Waals surface area (Å²) in [5.41, 5.74) is 1.42. The lowest BCUT2D eigenvalue weighted by atomic mass is 10.00. The predicted octanol–water partition coefficient (Wildman–Crippen LogP) is 2.11. The number of rotatable bonds is 2. The van der Waals surface area contributed by atoms with Gasteiger partial charge >= 0.3 is 0 Å². The molecule has 0 amide bonds. The number of benzene rings is 1. The van der Waals surface area contributed by atoms with Crippen LogP contribution in [0.3, 0.4) is 0 Å². The molecule has 4 heteroatoms. The van der Waals surface area contributed by atoms with Gasteiger partial charge in [0.2, 0.25) is 0 Å². The van der Waals surface area contributed by atoms with Crippen LogP contribution in [-0.4, -0.2) is 20.1 Å². The summed E-state index contributed by atoms with van der Waals surface area (Å²) in [5.74, 6) is 0. The molecule has 1 aromatic carbocycles. The third-order valence-corrected chi connectivity index (χ3v) is 2.89. The molecule has 0 saturated carbocycles. The quantitative estimate of drug-likeness (QED) is 0.741. The van der Waals surface area contributed by atoms with Crippen molar-refractivity contribution in [1.29, 1.82) is 0 Å². The van der Waals surface area contributed by atoms with Crippen LogP contribution in [0.2, 0.25) is 0 Å². The number of hydrogen-bond acceptors (Lipinski definition) is 4. The molecule has 0 aliphatic heterocycles. The van der Waals surface area contributed by atoms with Gasteiger partial charge in [-0.1, -0.05) is 18.2 Å². The van der Waals surface area contributed by atoms with E-state index in [2.05, 4.69) is 15.0 Å². The van der Waals surface area contributed by atoms with E-state index in [9.17, 15) is 5.11 Å². The summed E-state index contributed by atoms with van der Waals surface area (Å²) < 4.78 is 0. The lowest BCUT2D eigenvalue weighted by Crippen LogP contribution is -2.03. The van der Waals surface area contributed by atoms with Gasteiger partial charge in [0, 0.05) is 24.0 Å². The number of aromatic nitrogens is 3. The van der Waals surface area contributed by atoms with Crippen molar-refractivity contribution in [1.82, 2.24) is 15.0 Å². The van der Waals surface area contributed by atoms with Gasteiger partial charge in [0.05, 0.1) is 5.69 Å². The zero-order chi connectivity index (χ0) is 12.4. The highest BCUT2D eigenvalue weighted by Crippen LogP contribution is 2.26. The molecule has 1 unspecified atom stereocenters. The van der Waals surface area contributed by atoms with Gasteiger partial charge in [0.25, 0.3) is 0 Å². The summed E-state index contributed by atoms with van der Waals surface area (Å²) in [6.45, 7) is 0. The third-order valence-electron chi connectivity index (χ3n) is 2.89. The molecule has 2 heterocycles. The fourth-order valence-electron chi connectivity index (χ4n) is 2.01. The van der Waals surface area contributed by atoms with Crippen LogP contribution in [0.15, 0.2) is 55.2 Å². The van der Waals surface area contributed by atoms with Crippen LogP contribution in [0.4, 0.5) is 0 Å². The zero-order valence-electron chi connectivity index (χ0n) is 9.56. The van der Waals surface area contributed by atoms with Crippen molar-refractivity contribution >= 4 is 10.8 Å². The van der Waals surface area contributed by atoms with Gasteiger partial charge in [0.1, 0.15) is 12.4 Å². The second-order valence-corrected chi connectivity index (χ2v) is 3.98. The van der Waals surface area contributed by atoms with Crippen molar-refractivity contribution in [2.24, 2.45) is 0 Å². The van der Waals surface area contributed by atoms with Crippen molar-refractivity contribution < 1.29 is 5.11 Å². The summed E-state index contributed by atoms with van der Waals surface area (Å²) in [7, 11) is 0. The van der Waals surface area contributed by atoms with E-state index in [0.717, 1.165) is 16.3 Å². The minimum Gasteiger partial charge on any atom is -0.382 e. The lowest BCUT2D eigenvalue weighted by Gasteiger charge is -2.12. The maximum atomic E-state index is 10.4. The van der Waals surface area contributed by atoms with E-state index in [4.69, 9.17) is 0 Å². The largest absolute Gasteiger partial charge is 0.382 e. The molecule has 0 fully saturated rings. The smallest absolute Gasteiger partial charge is 0.122 e. The van der Waals surface area contributed by atoms with Gasteiger partial charge in [-0.3, -0.25) is 4.98 Å². The Balaban J connectivity index is 2.15. The Kier molecular flexibility index (Phi) is 2.70. The van der Waals surface area contributed by atoms with E-state index in [1.807, 2.05) is 24.3 Å². The van der Waals surface area contributed by atoms with Gasteiger partial charge in [0.15, 0.2) is 0 Å². The normalized spacial score (nSPS) is 12.5. The summed E-state index contributed by atoms with van der Waals surface area (Å²) >= 11 is 0. The number of aliphatic hydroxyl groups excluding tert-OH is 1. The molecule has 1 atom stereocenters. The van der Waals surface area contributed by atoms with Gasteiger partial charge in [-0.05, 0) is 23.1 Å². The van der Waals surface area contributed by atoms with Crippen LogP contribution in [0.1, 0.15) is 17.4 Å². The summed E-state index contributed by atoms with van der Waals surface area (Å²) in [6, 6.07) is 9.39. The fraction of sp³-hybridized carbons (Fsp3) is 0.0714. The van der Waals surface area contributed by atoms with Gasteiger partial charge in [-0.2, -0.15) is 0 Å². The fourth-order valence-corrected chi connectivity index (χ4v) is 2.01. The number of aliphatic hydroxyl groups is 1. The number of hydrogen-bond donors (Lipinski definition) is 1. The Morgan fingerprint density at radius 3 is 2.72 bits per heavy atom. The molecule has 0 radical (unpaired) electrons. The molecule has 88 valence electrons. The Labute approximate surface area is 104 Å². The second-order valence-electron chi connectivity index (χ2n) is 3.98. The van der Waals surface area contributed by atoms with Crippen molar-refractivity contribution in [3.63, 3.8) is 0 Å². The first kappa shape index (κ1) is 10.8. The van der Waals surface area contributed by atoms with E-state index < -0.39 is 6.10 Å². The Bertz CT molecular complexity index is 665. The molecule has 0 saturated heterocycles. The lowest BCUT2D eigenvalue weighted by molar-refractivity contribution is 0.216. The van der Waals surface area contributed by atoms with Crippen molar-refractivity contribution in [2.75, 3.05) is 0 Å². The minimum absolute atomic E-state index is 0.592. The van der Waals surface area contributed by atoms with Crippen molar-refractivity contribution in [3.8, 4) is 0 Å². The van der Waals surface area contributed by atoms with Crippen LogP contribution in [0.5, 0.6) is 0 Å². The summed E-state index contributed by atoms with van der Waals surface area (Å²) in [5, 5.41) is 12.4. The van der Waals surface area contributed by atoms with Crippen LogP contribution >= 0.6 is 0 Å². The number of pyridine rings is 1. The van der Waals surface area contributed by atoms with Crippen LogP contribution in [0, 0.1) is 0 Å². The van der Waals surface area contributed by atoms with E-state index in [1.165, 1.54) is 6.33 Å². The molecule has 2 aromatic heterocycles. The first-order chi connectivity index (χ1) is 8.86. The number of fused-ring (bicyclic) bond motifs is 1. The van der Waals surface area contributed by atoms with Crippen molar-refractivity contribution in [3.05, 3.63) is 66.5 Å². The molecule has 0 aliphatic rings. The minimum atomic E-state index is -0.751. The van der Waals surface area contributed by atoms with Gasteiger partial charge in [-0.15, -0.1) is 0 Å². The average Bonchev–Trinajstić information content (AvgIpc) is 2.47. The predicted molar refractivity (Wildman–Crippen MR) is 67.8 cm³/mol. The second kappa shape index (κ2) is 4.50. The SMILES string of the molecule is OC(c1ccncn1)c1cccc2cnccc12. The first-order valence-electron chi connectivity index (χ1n) is 5.63.